The molecule has 0 aliphatic heterocycles. The highest BCUT2D eigenvalue weighted by atomic mass is 15.0. The summed E-state index contributed by atoms with van der Waals surface area (Å²) in [4.78, 5) is 0. The lowest BCUT2D eigenvalue weighted by atomic mass is 9.21. The maximum Gasteiger partial charge on any atom is -0.0143 e. The van der Waals surface area contributed by atoms with Gasteiger partial charge in [-0.05, 0) is 49.7 Å². The highest BCUT2D eigenvalue weighted by Gasteiger charge is 2.96. The van der Waals surface area contributed by atoms with Crippen molar-refractivity contribution >= 4 is 0 Å². The summed E-state index contributed by atoms with van der Waals surface area (Å²) in [5, 5.41) is 0. The van der Waals surface area contributed by atoms with Gasteiger partial charge in [0.05, 0.1) is 0 Å². The second-order valence-electron chi connectivity index (χ2n) is 11.1. The molecule has 0 radical (unpaired) electrons. The molecule has 0 amide bonds. The quantitative estimate of drug-likeness (QED) is 0.484. The molecule has 3 saturated carbocycles. The van der Waals surface area contributed by atoms with Gasteiger partial charge in [-0.15, -0.1) is 0 Å². The van der Waals surface area contributed by atoms with Gasteiger partial charge in [-0.25, -0.2) is 0 Å². The monoisotopic (exact) mass is 290 g/mol. The Morgan fingerprint density at radius 2 is 0.762 bits per heavy atom. The third kappa shape index (κ3) is 0.837. The van der Waals surface area contributed by atoms with E-state index >= 15 is 0 Å². The van der Waals surface area contributed by atoms with E-state index in [1.54, 1.807) is 0 Å². The molecule has 0 heterocycles. The highest BCUT2D eigenvalue weighted by Crippen LogP contribution is 3.00. The van der Waals surface area contributed by atoms with Gasteiger partial charge < -0.3 is 0 Å². The van der Waals surface area contributed by atoms with Crippen LogP contribution < -0.4 is 0 Å². The number of fused-ring (bicyclic) bond motifs is 3. The van der Waals surface area contributed by atoms with Crippen LogP contribution in [-0.4, -0.2) is 0 Å². The lowest BCUT2D eigenvalue weighted by Gasteiger charge is -2.82. The van der Waals surface area contributed by atoms with Crippen LogP contribution in [0.3, 0.4) is 0 Å². The third-order valence-corrected chi connectivity index (χ3v) is 12.3. The van der Waals surface area contributed by atoms with Crippen molar-refractivity contribution in [2.75, 3.05) is 0 Å². The minimum Gasteiger partial charge on any atom is -0.0617 e. The largest absolute Gasteiger partial charge is 0.0617 e. The lowest BCUT2D eigenvalue weighted by Crippen LogP contribution is -2.78. The molecule has 0 nitrogen and oxygen atoms in total. The Morgan fingerprint density at radius 1 is 0.429 bits per heavy atom. The van der Waals surface area contributed by atoms with Crippen molar-refractivity contribution in [3.8, 4) is 0 Å². The smallest absolute Gasteiger partial charge is 0.0143 e. The molecule has 3 aliphatic carbocycles. The fourth-order valence-electron chi connectivity index (χ4n) is 9.57. The molecule has 122 valence electrons. The molecule has 3 rings (SSSR count). The summed E-state index contributed by atoms with van der Waals surface area (Å²) in [5.74, 6) is 1.65. The van der Waals surface area contributed by atoms with Gasteiger partial charge in [0, 0.05) is 0 Å². The van der Waals surface area contributed by atoms with Crippen LogP contribution in [0.2, 0.25) is 0 Å². The molecule has 3 aliphatic rings. The highest BCUT2D eigenvalue weighted by molar-refractivity contribution is 5.42. The second-order valence-corrected chi connectivity index (χ2v) is 11.1. The Bertz CT molecular complexity index is 524. The molecular weight excluding hydrogens is 252 g/mol. The zero-order chi connectivity index (χ0) is 16.7. The van der Waals surface area contributed by atoms with Crippen molar-refractivity contribution in [3.63, 3.8) is 0 Å². The van der Waals surface area contributed by atoms with E-state index in [0.717, 1.165) is 11.8 Å². The molecular formula is C21H38. The molecule has 6 unspecified atom stereocenters. The topological polar surface area (TPSA) is 0 Å². The van der Waals surface area contributed by atoms with Gasteiger partial charge in [-0.2, -0.15) is 0 Å². The molecule has 0 heteroatoms. The minimum absolute atomic E-state index is 0.369. The summed E-state index contributed by atoms with van der Waals surface area (Å²) in [6.07, 6.45) is 0. The van der Waals surface area contributed by atoms with E-state index in [0.29, 0.717) is 37.9 Å². The fourth-order valence-corrected chi connectivity index (χ4v) is 9.57. The predicted molar refractivity (Wildman–Crippen MR) is 92.1 cm³/mol. The Hall–Kier alpha value is 0. The first-order valence-corrected chi connectivity index (χ1v) is 9.07. The Morgan fingerprint density at radius 3 is 1.19 bits per heavy atom. The number of rotatable bonds is 0. The zero-order valence-corrected chi connectivity index (χ0v) is 16.7. The van der Waals surface area contributed by atoms with Crippen LogP contribution >= 0.6 is 0 Å². The molecule has 3 fully saturated rings. The lowest BCUT2D eigenvalue weighted by molar-refractivity contribution is -0.353. The van der Waals surface area contributed by atoms with E-state index in [4.69, 9.17) is 0 Å². The maximum atomic E-state index is 2.65. The van der Waals surface area contributed by atoms with E-state index in [9.17, 15) is 0 Å². The summed E-state index contributed by atoms with van der Waals surface area (Å²) in [5.41, 5.74) is 2.80. The normalized spacial score (nSPS) is 62.3. The Kier molecular flexibility index (Phi) is 2.37. The van der Waals surface area contributed by atoms with Crippen molar-refractivity contribution in [1.29, 1.82) is 0 Å². The van der Waals surface area contributed by atoms with E-state index in [1.807, 2.05) is 0 Å². The minimum atomic E-state index is 0.369. The molecule has 21 heavy (non-hydrogen) atoms. The SMILES string of the molecule is CC1C(C)C2(C)C1(C)C(C)(C)C1(C)C(C)(C)C(C)(C)C21C. The maximum absolute atomic E-state index is 2.65. The Balaban J connectivity index is 2.40. The third-order valence-electron chi connectivity index (χ3n) is 12.3. The molecule has 0 saturated heterocycles. The molecule has 0 aromatic heterocycles. The van der Waals surface area contributed by atoms with Crippen molar-refractivity contribution in [2.24, 2.45) is 49.7 Å². The summed E-state index contributed by atoms with van der Waals surface area (Å²) in [7, 11) is 0. The molecule has 0 aromatic rings. The molecule has 0 N–H and O–H groups in total. The van der Waals surface area contributed by atoms with Crippen LogP contribution in [0.5, 0.6) is 0 Å². The fraction of sp³-hybridized carbons (Fsp3) is 1.00. The van der Waals surface area contributed by atoms with Gasteiger partial charge in [0.2, 0.25) is 0 Å². The molecule has 6 atom stereocenters. The van der Waals surface area contributed by atoms with Crippen molar-refractivity contribution in [1.82, 2.24) is 0 Å². The van der Waals surface area contributed by atoms with Crippen LogP contribution in [0, 0.1) is 49.7 Å². The van der Waals surface area contributed by atoms with Crippen LogP contribution in [-0.2, 0) is 0 Å². The van der Waals surface area contributed by atoms with E-state index < -0.39 is 0 Å². The van der Waals surface area contributed by atoms with Crippen molar-refractivity contribution < 1.29 is 0 Å². The van der Waals surface area contributed by atoms with Gasteiger partial charge >= 0.3 is 0 Å². The molecule has 0 aromatic carbocycles. The van der Waals surface area contributed by atoms with E-state index in [1.165, 1.54) is 0 Å². The first-order chi connectivity index (χ1) is 9.07. The van der Waals surface area contributed by atoms with E-state index in [-0.39, 0.29) is 0 Å². The van der Waals surface area contributed by atoms with Crippen LogP contribution in [0.4, 0.5) is 0 Å². The average molecular weight is 291 g/mol. The summed E-state index contributed by atoms with van der Waals surface area (Å²) < 4.78 is 0. The van der Waals surface area contributed by atoms with Crippen LogP contribution in [0.15, 0.2) is 0 Å². The van der Waals surface area contributed by atoms with Crippen molar-refractivity contribution in [2.45, 2.75) is 83.1 Å². The van der Waals surface area contributed by atoms with Gasteiger partial charge in [0.15, 0.2) is 0 Å². The first kappa shape index (κ1) is 15.9. The number of hydrogen-bond acceptors (Lipinski definition) is 0. The second kappa shape index (κ2) is 3.13. The van der Waals surface area contributed by atoms with Gasteiger partial charge in [0.25, 0.3) is 0 Å². The molecule has 0 spiro atoms. The zero-order valence-electron chi connectivity index (χ0n) is 16.7. The summed E-state index contributed by atoms with van der Waals surface area (Å²) in [6.45, 7) is 31.0. The van der Waals surface area contributed by atoms with Gasteiger partial charge in [-0.1, -0.05) is 83.1 Å². The summed E-state index contributed by atoms with van der Waals surface area (Å²) in [6, 6.07) is 0. The van der Waals surface area contributed by atoms with Crippen LogP contribution in [0.25, 0.3) is 0 Å². The van der Waals surface area contributed by atoms with Gasteiger partial charge in [0.1, 0.15) is 0 Å². The van der Waals surface area contributed by atoms with Gasteiger partial charge in [-0.3, -0.25) is 0 Å². The standard InChI is InChI=1S/C21H38/c1-13-14(2)19(10)18(13,9)17(7,8)20(11)15(3,4)16(5,6)21(19,20)12/h13-14H,1-12H3. The molecule has 0 bridgehead atoms. The first-order valence-electron chi connectivity index (χ1n) is 9.07. The average Bonchev–Trinajstić information content (AvgIpc) is 2.46. The van der Waals surface area contributed by atoms with Crippen molar-refractivity contribution in [3.05, 3.63) is 0 Å². The predicted octanol–water partition coefficient (Wildman–Crippen LogP) is 6.40. The Labute approximate surface area is 133 Å². The van der Waals surface area contributed by atoms with Crippen LogP contribution in [0.1, 0.15) is 83.1 Å². The van der Waals surface area contributed by atoms with E-state index in [2.05, 4.69) is 83.1 Å². The number of hydrogen-bond donors (Lipinski definition) is 0. The summed E-state index contributed by atoms with van der Waals surface area (Å²) >= 11 is 0.